The number of aromatic nitrogens is 2. The second-order valence-electron chi connectivity index (χ2n) is 4.53. The quantitative estimate of drug-likeness (QED) is 0.698. The minimum atomic E-state index is -2.69. The number of ether oxygens (including phenoxy) is 2. The first-order valence-electron chi connectivity index (χ1n) is 6.64. The summed E-state index contributed by atoms with van der Waals surface area (Å²) in [4.78, 5) is 8.57. The van der Waals surface area contributed by atoms with Crippen molar-refractivity contribution < 1.29 is 17.9 Å². The summed E-state index contributed by atoms with van der Waals surface area (Å²) in [5.74, 6) is 1.55. The second kappa shape index (κ2) is 6.49. The largest absolute Gasteiger partial charge is 0.481 e. The van der Waals surface area contributed by atoms with Gasteiger partial charge in [0.1, 0.15) is 11.3 Å². The third-order valence-electron chi connectivity index (χ3n) is 3.03. The Labute approximate surface area is 134 Å². The van der Waals surface area contributed by atoms with Crippen molar-refractivity contribution in [3.8, 4) is 17.4 Å². The lowest BCUT2D eigenvalue weighted by Crippen LogP contribution is -1.95. The van der Waals surface area contributed by atoms with Gasteiger partial charge in [0.05, 0.1) is 12.6 Å². The molecule has 0 aliphatic heterocycles. The van der Waals surface area contributed by atoms with Crippen LogP contribution in [0.1, 0.15) is 0 Å². The standard InChI is InChI=1S/C15H13N3O4S/c1-21-14-7-6-12-15(17-14)13(8-9-16-12)22-11-4-2-10(3-5-11)18-23(19)20/h2-9,23H,1H3,(H,18,19,20). The van der Waals surface area contributed by atoms with Crippen LogP contribution in [0.4, 0.5) is 5.69 Å². The number of nitrogens with one attached hydrogen (secondary N) is 1. The van der Waals surface area contributed by atoms with Gasteiger partial charge >= 0.3 is 0 Å². The first-order valence-corrected chi connectivity index (χ1v) is 7.82. The van der Waals surface area contributed by atoms with E-state index in [0.717, 1.165) is 0 Å². The molecule has 0 aliphatic rings. The van der Waals surface area contributed by atoms with Gasteiger partial charge in [0.2, 0.25) is 16.8 Å². The van der Waals surface area contributed by atoms with Gasteiger partial charge in [-0.3, -0.25) is 9.71 Å². The Morgan fingerprint density at radius 3 is 2.52 bits per heavy atom. The van der Waals surface area contributed by atoms with Crippen LogP contribution in [0.25, 0.3) is 11.0 Å². The Hall–Kier alpha value is -2.87. The monoisotopic (exact) mass is 331 g/mol. The number of pyridine rings is 2. The average Bonchev–Trinajstić information content (AvgIpc) is 2.56. The molecule has 3 aromatic rings. The molecule has 7 nitrogen and oxygen atoms in total. The average molecular weight is 331 g/mol. The van der Waals surface area contributed by atoms with Gasteiger partial charge < -0.3 is 9.47 Å². The fourth-order valence-corrected chi connectivity index (χ4v) is 2.37. The Morgan fingerprint density at radius 1 is 1.04 bits per heavy atom. The molecule has 2 heterocycles. The third kappa shape index (κ3) is 3.49. The molecule has 118 valence electrons. The number of nitrogens with zero attached hydrogens (tertiary/aromatic N) is 2. The molecule has 0 saturated carbocycles. The zero-order chi connectivity index (χ0) is 16.2. The van der Waals surface area contributed by atoms with E-state index in [1.165, 1.54) is 7.11 Å². The lowest BCUT2D eigenvalue weighted by Gasteiger charge is -2.09. The number of benzene rings is 1. The van der Waals surface area contributed by atoms with E-state index >= 15 is 0 Å². The molecule has 0 saturated heterocycles. The van der Waals surface area contributed by atoms with Crippen LogP contribution in [-0.4, -0.2) is 25.5 Å². The highest BCUT2D eigenvalue weighted by Crippen LogP contribution is 2.29. The highest BCUT2D eigenvalue weighted by Gasteiger charge is 2.08. The molecule has 0 amide bonds. The van der Waals surface area contributed by atoms with Gasteiger partial charge in [-0.1, -0.05) is 0 Å². The molecule has 0 radical (unpaired) electrons. The molecule has 0 fully saturated rings. The van der Waals surface area contributed by atoms with Gasteiger partial charge in [-0.05, 0) is 30.3 Å². The van der Waals surface area contributed by atoms with E-state index < -0.39 is 10.9 Å². The second-order valence-corrected chi connectivity index (χ2v) is 5.26. The third-order valence-corrected chi connectivity index (χ3v) is 3.47. The molecule has 8 heteroatoms. The Bertz CT molecular complexity index is 902. The van der Waals surface area contributed by atoms with E-state index in [1.54, 1.807) is 48.7 Å². The van der Waals surface area contributed by atoms with Crippen molar-refractivity contribution in [3.63, 3.8) is 0 Å². The normalized spacial score (nSPS) is 10.7. The SMILES string of the molecule is COc1ccc2nccc(Oc3ccc(N[SH](=O)=O)cc3)c2n1. The first kappa shape index (κ1) is 15.0. The summed E-state index contributed by atoms with van der Waals surface area (Å²) in [7, 11) is -1.15. The van der Waals surface area contributed by atoms with Crippen molar-refractivity contribution in [2.45, 2.75) is 0 Å². The summed E-state index contributed by atoms with van der Waals surface area (Å²) in [6.45, 7) is 0. The van der Waals surface area contributed by atoms with Crippen molar-refractivity contribution in [1.29, 1.82) is 0 Å². The molecule has 0 aliphatic carbocycles. The molecule has 23 heavy (non-hydrogen) atoms. The van der Waals surface area contributed by atoms with Crippen molar-refractivity contribution in [2.24, 2.45) is 0 Å². The van der Waals surface area contributed by atoms with Gasteiger partial charge in [0.15, 0.2) is 5.75 Å². The van der Waals surface area contributed by atoms with Gasteiger partial charge in [-0.15, -0.1) is 0 Å². The molecule has 3 rings (SSSR count). The number of hydrogen-bond donors (Lipinski definition) is 2. The zero-order valence-corrected chi connectivity index (χ0v) is 13.0. The molecule has 0 bridgehead atoms. The molecule has 0 unspecified atom stereocenters. The zero-order valence-electron chi connectivity index (χ0n) is 12.1. The van der Waals surface area contributed by atoms with Crippen LogP contribution in [0.3, 0.4) is 0 Å². The maximum atomic E-state index is 10.6. The molecule has 2 aromatic heterocycles. The minimum absolute atomic E-state index is 0.466. The van der Waals surface area contributed by atoms with E-state index in [1.807, 2.05) is 0 Å². The number of thiol groups is 1. The maximum absolute atomic E-state index is 10.6. The summed E-state index contributed by atoms with van der Waals surface area (Å²) in [6.07, 6.45) is 1.63. The van der Waals surface area contributed by atoms with Crippen molar-refractivity contribution in [3.05, 3.63) is 48.7 Å². The van der Waals surface area contributed by atoms with Crippen molar-refractivity contribution in [2.75, 3.05) is 11.8 Å². The molecular weight excluding hydrogens is 318 g/mol. The van der Waals surface area contributed by atoms with Crippen LogP contribution in [0.15, 0.2) is 48.7 Å². The van der Waals surface area contributed by atoms with Gasteiger partial charge in [0.25, 0.3) is 0 Å². The van der Waals surface area contributed by atoms with Crippen molar-refractivity contribution in [1.82, 2.24) is 9.97 Å². The minimum Gasteiger partial charge on any atom is -0.481 e. The van der Waals surface area contributed by atoms with E-state index in [9.17, 15) is 8.42 Å². The van der Waals surface area contributed by atoms with Crippen molar-refractivity contribution >= 4 is 27.6 Å². The smallest absolute Gasteiger partial charge is 0.222 e. The fourth-order valence-electron chi connectivity index (χ4n) is 2.01. The highest BCUT2D eigenvalue weighted by atomic mass is 32.2. The van der Waals surface area contributed by atoms with E-state index in [-0.39, 0.29) is 0 Å². The molecule has 1 N–H and O–H groups in total. The predicted molar refractivity (Wildman–Crippen MR) is 86.5 cm³/mol. The highest BCUT2D eigenvalue weighted by molar-refractivity contribution is 7.73. The molecule has 1 aromatic carbocycles. The van der Waals surface area contributed by atoms with Crippen LogP contribution in [0.5, 0.6) is 17.4 Å². The number of methoxy groups -OCH3 is 1. The lowest BCUT2D eigenvalue weighted by atomic mass is 10.3. The summed E-state index contributed by atoms with van der Waals surface area (Å²) < 4.78 is 34.5. The topological polar surface area (TPSA) is 90.4 Å². The predicted octanol–water partition coefficient (Wildman–Crippen LogP) is 2.37. The van der Waals surface area contributed by atoms with Gasteiger partial charge in [-0.2, -0.15) is 0 Å². The van der Waals surface area contributed by atoms with E-state index in [4.69, 9.17) is 9.47 Å². The first-order chi connectivity index (χ1) is 11.2. The van der Waals surface area contributed by atoms with Gasteiger partial charge in [0, 0.05) is 24.0 Å². The molecule has 0 atom stereocenters. The van der Waals surface area contributed by atoms with Crippen LogP contribution in [0.2, 0.25) is 0 Å². The van der Waals surface area contributed by atoms with Crippen LogP contribution in [-0.2, 0) is 10.9 Å². The van der Waals surface area contributed by atoms with E-state index in [0.29, 0.717) is 34.1 Å². The van der Waals surface area contributed by atoms with Crippen LogP contribution < -0.4 is 14.2 Å². The Kier molecular flexibility index (Phi) is 4.24. The number of fused-ring (bicyclic) bond motifs is 1. The number of rotatable bonds is 5. The fraction of sp³-hybridized carbons (Fsp3) is 0.0667. The Morgan fingerprint density at radius 2 is 1.83 bits per heavy atom. The Balaban J connectivity index is 1.91. The molecular formula is C15H13N3O4S. The maximum Gasteiger partial charge on any atom is 0.222 e. The van der Waals surface area contributed by atoms with Crippen LogP contribution >= 0.6 is 0 Å². The summed E-state index contributed by atoms with van der Waals surface area (Å²) in [6, 6.07) is 11.8. The summed E-state index contributed by atoms with van der Waals surface area (Å²) in [5.41, 5.74) is 1.73. The summed E-state index contributed by atoms with van der Waals surface area (Å²) >= 11 is 0. The number of hydrogen-bond acceptors (Lipinski definition) is 6. The molecule has 0 spiro atoms. The number of anilines is 1. The van der Waals surface area contributed by atoms with E-state index in [2.05, 4.69) is 14.7 Å². The lowest BCUT2D eigenvalue weighted by molar-refractivity contribution is 0.399. The summed E-state index contributed by atoms with van der Waals surface area (Å²) in [5, 5.41) is 0. The van der Waals surface area contributed by atoms with Crippen LogP contribution in [0, 0.1) is 0 Å². The van der Waals surface area contributed by atoms with Gasteiger partial charge in [-0.25, -0.2) is 13.4 Å².